The topological polar surface area (TPSA) is 41.1 Å². The molecule has 1 amide bonds. The second-order valence-electron chi connectivity index (χ2n) is 4.43. The van der Waals surface area contributed by atoms with E-state index in [0.717, 1.165) is 28.2 Å². The van der Waals surface area contributed by atoms with E-state index in [-0.39, 0.29) is 11.6 Å². The Morgan fingerprint density at radius 2 is 1.85 bits per heavy atom. The Morgan fingerprint density at radius 1 is 1.15 bits per heavy atom. The van der Waals surface area contributed by atoms with E-state index >= 15 is 0 Å². The third kappa shape index (κ3) is 2.27. The number of fused-ring (bicyclic) bond motifs is 1. The number of nitrogens with one attached hydrogen (secondary N) is 2. The zero-order valence-corrected chi connectivity index (χ0v) is 11.7. The van der Waals surface area contributed by atoms with Crippen LogP contribution in [-0.2, 0) is 4.79 Å². The lowest BCUT2D eigenvalue weighted by atomic mass is 10.1. The molecular formula is C14H9BrF2N2O. The molecule has 3 rings (SSSR count). The zero-order chi connectivity index (χ0) is 14.3. The first-order valence-electron chi connectivity index (χ1n) is 5.86. The second-order valence-corrected chi connectivity index (χ2v) is 5.28. The number of hydrogen-bond donors (Lipinski definition) is 2. The van der Waals surface area contributed by atoms with Crippen LogP contribution in [0, 0.1) is 11.6 Å². The lowest BCUT2D eigenvalue weighted by Gasteiger charge is -2.14. The minimum atomic E-state index is -0.696. The lowest BCUT2D eigenvalue weighted by molar-refractivity contribution is -0.116. The molecule has 0 bridgehead atoms. The van der Waals surface area contributed by atoms with Gasteiger partial charge in [0.1, 0.15) is 17.7 Å². The van der Waals surface area contributed by atoms with E-state index in [4.69, 9.17) is 0 Å². The van der Waals surface area contributed by atoms with Gasteiger partial charge in [-0.15, -0.1) is 0 Å². The Balaban J connectivity index is 1.98. The fourth-order valence-corrected chi connectivity index (χ4v) is 2.81. The summed E-state index contributed by atoms with van der Waals surface area (Å²) in [4.78, 5) is 12.0. The highest BCUT2D eigenvalue weighted by Gasteiger charge is 2.32. The van der Waals surface area contributed by atoms with Gasteiger partial charge >= 0.3 is 0 Å². The molecule has 1 aliphatic rings. The molecule has 0 aliphatic carbocycles. The summed E-state index contributed by atoms with van der Waals surface area (Å²) in [5, 5.41) is 5.57. The molecule has 2 aromatic rings. The monoisotopic (exact) mass is 338 g/mol. The van der Waals surface area contributed by atoms with Gasteiger partial charge in [0.15, 0.2) is 0 Å². The quantitative estimate of drug-likeness (QED) is 0.873. The van der Waals surface area contributed by atoms with Gasteiger partial charge in [0.05, 0.1) is 0 Å². The number of rotatable bonds is 2. The van der Waals surface area contributed by atoms with Crippen LogP contribution in [0.2, 0.25) is 0 Å². The summed E-state index contributed by atoms with van der Waals surface area (Å²) in [6.45, 7) is 0. The molecule has 1 atom stereocenters. The fourth-order valence-electron chi connectivity index (χ4n) is 2.22. The van der Waals surface area contributed by atoms with Crippen LogP contribution >= 0.6 is 15.9 Å². The maximum Gasteiger partial charge on any atom is 0.251 e. The molecule has 6 heteroatoms. The van der Waals surface area contributed by atoms with E-state index in [1.807, 2.05) is 0 Å². The highest BCUT2D eigenvalue weighted by molar-refractivity contribution is 9.10. The molecule has 0 radical (unpaired) electrons. The van der Waals surface area contributed by atoms with Gasteiger partial charge in [-0.2, -0.15) is 0 Å². The van der Waals surface area contributed by atoms with Crippen LogP contribution in [0.1, 0.15) is 11.6 Å². The summed E-state index contributed by atoms with van der Waals surface area (Å²) in [6.07, 6.45) is 0. The van der Waals surface area contributed by atoms with Crippen molar-refractivity contribution in [3.05, 3.63) is 58.1 Å². The number of carbonyl (C=O) groups is 1. The van der Waals surface area contributed by atoms with Gasteiger partial charge in [-0.05, 0) is 24.3 Å². The Morgan fingerprint density at radius 3 is 2.55 bits per heavy atom. The molecule has 1 unspecified atom stereocenters. The van der Waals surface area contributed by atoms with Gasteiger partial charge in [-0.25, -0.2) is 8.78 Å². The first kappa shape index (κ1) is 13.1. The Bertz CT molecular complexity index is 685. The van der Waals surface area contributed by atoms with Crippen molar-refractivity contribution >= 4 is 33.2 Å². The van der Waals surface area contributed by atoms with Crippen molar-refractivity contribution in [1.82, 2.24) is 0 Å². The van der Waals surface area contributed by atoms with Crippen LogP contribution in [0.5, 0.6) is 0 Å². The van der Waals surface area contributed by atoms with E-state index < -0.39 is 17.7 Å². The van der Waals surface area contributed by atoms with Crippen LogP contribution in [0.3, 0.4) is 0 Å². The van der Waals surface area contributed by atoms with Crippen molar-refractivity contribution in [2.24, 2.45) is 0 Å². The van der Waals surface area contributed by atoms with Crippen molar-refractivity contribution in [2.75, 3.05) is 10.6 Å². The summed E-state index contributed by atoms with van der Waals surface area (Å²) in [5.74, 6) is -1.66. The molecule has 3 nitrogen and oxygen atoms in total. The SMILES string of the molecule is O=C1Nc2cccc(Br)c2C1Nc1cc(F)cc(F)c1. The van der Waals surface area contributed by atoms with Crippen LogP contribution in [0.25, 0.3) is 0 Å². The highest BCUT2D eigenvalue weighted by Crippen LogP contribution is 2.38. The maximum atomic E-state index is 13.2. The first-order valence-corrected chi connectivity index (χ1v) is 6.66. The predicted octanol–water partition coefficient (Wildman–Crippen LogP) is 3.83. The lowest BCUT2D eigenvalue weighted by Crippen LogP contribution is -2.20. The number of halogens is 3. The number of anilines is 2. The molecule has 0 fully saturated rings. The van der Waals surface area contributed by atoms with Crippen molar-refractivity contribution < 1.29 is 13.6 Å². The number of hydrogen-bond acceptors (Lipinski definition) is 2. The average molecular weight is 339 g/mol. The van der Waals surface area contributed by atoms with Gasteiger partial charge in [0, 0.05) is 27.5 Å². The summed E-state index contributed by atoms with van der Waals surface area (Å²) in [6, 6.07) is 7.75. The average Bonchev–Trinajstić information content (AvgIpc) is 2.66. The molecular weight excluding hydrogens is 330 g/mol. The summed E-state index contributed by atoms with van der Waals surface area (Å²) in [7, 11) is 0. The maximum absolute atomic E-state index is 13.2. The highest BCUT2D eigenvalue weighted by atomic mass is 79.9. The van der Waals surface area contributed by atoms with Crippen molar-refractivity contribution in [3.8, 4) is 0 Å². The van der Waals surface area contributed by atoms with Crippen LogP contribution in [-0.4, -0.2) is 5.91 Å². The molecule has 2 N–H and O–H groups in total. The summed E-state index contributed by atoms with van der Waals surface area (Å²) < 4.78 is 27.1. The standard InChI is InChI=1S/C14H9BrF2N2O/c15-10-2-1-3-11-12(10)13(14(20)19-11)18-9-5-7(16)4-8(17)6-9/h1-6,13,18H,(H,19,20). The van der Waals surface area contributed by atoms with Crippen LogP contribution in [0.15, 0.2) is 40.9 Å². The zero-order valence-electron chi connectivity index (χ0n) is 10.1. The normalized spacial score (nSPS) is 16.8. The van der Waals surface area contributed by atoms with Gasteiger partial charge in [-0.3, -0.25) is 4.79 Å². The fraction of sp³-hybridized carbons (Fsp3) is 0.0714. The predicted molar refractivity (Wildman–Crippen MR) is 75.5 cm³/mol. The first-order chi connectivity index (χ1) is 9.54. The Kier molecular flexibility index (Phi) is 3.17. The molecule has 102 valence electrons. The smallest absolute Gasteiger partial charge is 0.251 e. The second kappa shape index (κ2) is 4.86. The minimum absolute atomic E-state index is 0.214. The van der Waals surface area contributed by atoms with E-state index in [1.165, 1.54) is 0 Å². The Labute approximate surface area is 122 Å². The minimum Gasteiger partial charge on any atom is -0.370 e. The molecule has 0 aromatic heterocycles. The van der Waals surface area contributed by atoms with Gasteiger partial charge in [-0.1, -0.05) is 22.0 Å². The largest absolute Gasteiger partial charge is 0.370 e. The molecule has 0 saturated carbocycles. The van der Waals surface area contributed by atoms with Gasteiger partial charge in [0.25, 0.3) is 5.91 Å². The van der Waals surface area contributed by atoms with Gasteiger partial charge < -0.3 is 10.6 Å². The number of amides is 1. The van der Waals surface area contributed by atoms with E-state index in [9.17, 15) is 13.6 Å². The van der Waals surface area contributed by atoms with E-state index in [1.54, 1.807) is 18.2 Å². The molecule has 20 heavy (non-hydrogen) atoms. The molecule has 1 aliphatic heterocycles. The molecule has 1 heterocycles. The molecule has 0 saturated heterocycles. The van der Waals surface area contributed by atoms with Crippen molar-refractivity contribution in [3.63, 3.8) is 0 Å². The molecule has 2 aromatic carbocycles. The Hall–Kier alpha value is -1.95. The molecule has 0 spiro atoms. The third-order valence-electron chi connectivity index (χ3n) is 3.04. The van der Waals surface area contributed by atoms with Gasteiger partial charge in [0.2, 0.25) is 0 Å². The van der Waals surface area contributed by atoms with Crippen molar-refractivity contribution in [1.29, 1.82) is 0 Å². The summed E-state index contributed by atoms with van der Waals surface area (Å²) >= 11 is 3.38. The van der Waals surface area contributed by atoms with Crippen molar-refractivity contribution in [2.45, 2.75) is 6.04 Å². The van der Waals surface area contributed by atoms with E-state index in [0.29, 0.717) is 5.69 Å². The number of carbonyl (C=O) groups excluding carboxylic acids is 1. The number of benzene rings is 2. The van der Waals surface area contributed by atoms with Crippen LogP contribution in [0.4, 0.5) is 20.2 Å². The van der Waals surface area contributed by atoms with E-state index in [2.05, 4.69) is 26.6 Å². The summed E-state index contributed by atoms with van der Waals surface area (Å²) in [5.41, 5.74) is 1.62. The third-order valence-corrected chi connectivity index (χ3v) is 3.73. The van der Waals surface area contributed by atoms with Crippen LogP contribution < -0.4 is 10.6 Å².